The van der Waals surface area contributed by atoms with Gasteiger partial charge in [0.15, 0.2) is 0 Å². The maximum atomic E-state index is 13.9. The molecule has 0 amide bonds. The summed E-state index contributed by atoms with van der Waals surface area (Å²) in [6.07, 6.45) is 0. The van der Waals surface area contributed by atoms with Gasteiger partial charge in [0.05, 0.1) is 0 Å². The maximum absolute atomic E-state index is 13.9. The maximum Gasteiger partial charge on any atom is 0.132 e. The highest BCUT2D eigenvalue weighted by Gasteiger charge is 2.15. The fourth-order valence-corrected chi connectivity index (χ4v) is 2.30. The highest BCUT2D eigenvalue weighted by Crippen LogP contribution is 2.33. The summed E-state index contributed by atoms with van der Waals surface area (Å²) in [5.74, 6) is 1.30. The molecule has 0 aromatic heterocycles. The van der Waals surface area contributed by atoms with Crippen molar-refractivity contribution in [3.8, 4) is 11.5 Å². The largest absolute Gasteiger partial charge is 0.457 e. The van der Waals surface area contributed by atoms with Crippen molar-refractivity contribution in [1.82, 2.24) is 5.32 Å². The normalized spacial score (nSPS) is 12.2. The molecule has 0 aliphatic rings. The number of nitrogens with one attached hydrogen (secondary N) is 1. The third-order valence-corrected chi connectivity index (χ3v) is 3.58. The van der Waals surface area contributed by atoms with Gasteiger partial charge < -0.3 is 10.1 Å². The summed E-state index contributed by atoms with van der Waals surface area (Å²) >= 11 is 0. The first-order chi connectivity index (χ1) is 10.0. The molecule has 1 unspecified atom stereocenters. The van der Waals surface area contributed by atoms with Gasteiger partial charge in [0.2, 0.25) is 0 Å². The summed E-state index contributed by atoms with van der Waals surface area (Å²) in [4.78, 5) is 0. The second-order valence-electron chi connectivity index (χ2n) is 5.29. The van der Waals surface area contributed by atoms with Crippen LogP contribution in [0.25, 0.3) is 0 Å². The summed E-state index contributed by atoms with van der Waals surface area (Å²) < 4.78 is 19.9. The number of rotatable bonds is 5. The fourth-order valence-electron chi connectivity index (χ4n) is 2.30. The molecule has 0 saturated carbocycles. The third-order valence-electron chi connectivity index (χ3n) is 3.58. The van der Waals surface area contributed by atoms with Gasteiger partial charge >= 0.3 is 0 Å². The molecule has 2 rings (SSSR count). The average Bonchev–Trinajstić information content (AvgIpc) is 2.45. The molecular formula is C18H22FNO. The second kappa shape index (κ2) is 6.72. The summed E-state index contributed by atoms with van der Waals surface area (Å²) in [6.45, 7) is 8.61. The molecule has 2 nitrogen and oxygen atoms in total. The van der Waals surface area contributed by atoms with Crippen molar-refractivity contribution in [3.63, 3.8) is 0 Å². The van der Waals surface area contributed by atoms with Crippen molar-refractivity contribution in [2.45, 2.75) is 33.7 Å². The van der Waals surface area contributed by atoms with Crippen molar-refractivity contribution in [1.29, 1.82) is 0 Å². The van der Waals surface area contributed by atoms with E-state index in [1.54, 1.807) is 19.1 Å². The lowest BCUT2D eigenvalue weighted by molar-refractivity contribution is 0.456. The van der Waals surface area contributed by atoms with E-state index < -0.39 is 0 Å². The zero-order chi connectivity index (χ0) is 15.4. The predicted octanol–water partition coefficient (Wildman–Crippen LogP) is 4.91. The van der Waals surface area contributed by atoms with Gasteiger partial charge in [-0.25, -0.2) is 4.39 Å². The van der Waals surface area contributed by atoms with E-state index in [1.165, 1.54) is 0 Å². The van der Waals surface area contributed by atoms with Gasteiger partial charge in [-0.05, 0) is 56.6 Å². The fraction of sp³-hybridized carbons (Fsp3) is 0.333. The highest BCUT2D eigenvalue weighted by atomic mass is 19.1. The molecule has 0 aliphatic heterocycles. The molecule has 0 bridgehead atoms. The molecule has 3 heteroatoms. The van der Waals surface area contributed by atoms with E-state index in [0.717, 1.165) is 23.4 Å². The Morgan fingerprint density at radius 3 is 2.48 bits per heavy atom. The molecular weight excluding hydrogens is 265 g/mol. The first kappa shape index (κ1) is 15.5. The Kier molecular flexibility index (Phi) is 4.97. The van der Waals surface area contributed by atoms with Crippen LogP contribution in [0.4, 0.5) is 4.39 Å². The zero-order valence-corrected chi connectivity index (χ0v) is 13.0. The van der Waals surface area contributed by atoms with Crippen LogP contribution in [0.5, 0.6) is 11.5 Å². The van der Waals surface area contributed by atoms with E-state index in [2.05, 4.69) is 5.32 Å². The summed E-state index contributed by atoms with van der Waals surface area (Å²) in [6, 6.07) is 11.2. The Morgan fingerprint density at radius 2 is 1.81 bits per heavy atom. The van der Waals surface area contributed by atoms with Crippen LogP contribution < -0.4 is 10.1 Å². The van der Waals surface area contributed by atoms with Crippen molar-refractivity contribution in [2.24, 2.45) is 0 Å². The SMILES string of the molecule is CCNC(C)c1cc(F)c(C)cc1Oc1ccccc1C. The van der Waals surface area contributed by atoms with Gasteiger partial charge in [-0.2, -0.15) is 0 Å². The van der Waals surface area contributed by atoms with Crippen molar-refractivity contribution >= 4 is 0 Å². The van der Waals surface area contributed by atoms with Crippen LogP contribution >= 0.6 is 0 Å². The van der Waals surface area contributed by atoms with Crippen LogP contribution in [0.1, 0.15) is 36.6 Å². The van der Waals surface area contributed by atoms with Gasteiger partial charge in [-0.15, -0.1) is 0 Å². The summed E-state index contributed by atoms with van der Waals surface area (Å²) in [7, 11) is 0. The number of halogens is 1. The molecule has 0 fully saturated rings. The minimum Gasteiger partial charge on any atom is -0.457 e. The van der Waals surface area contributed by atoms with E-state index in [4.69, 9.17) is 4.74 Å². The Bertz CT molecular complexity index is 625. The van der Waals surface area contributed by atoms with Gasteiger partial charge in [-0.1, -0.05) is 25.1 Å². The number of hydrogen-bond acceptors (Lipinski definition) is 2. The lowest BCUT2D eigenvalue weighted by Crippen LogP contribution is -2.18. The van der Waals surface area contributed by atoms with E-state index >= 15 is 0 Å². The Labute approximate surface area is 126 Å². The first-order valence-electron chi connectivity index (χ1n) is 7.29. The van der Waals surface area contributed by atoms with Crippen LogP contribution in [-0.4, -0.2) is 6.54 Å². The second-order valence-corrected chi connectivity index (χ2v) is 5.29. The molecule has 0 aliphatic carbocycles. The molecule has 0 heterocycles. The number of benzene rings is 2. The van der Waals surface area contributed by atoms with Crippen LogP contribution in [0.15, 0.2) is 36.4 Å². The van der Waals surface area contributed by atoms with E-state index in [9.17, 15) is 4.39 Å². The molecule has 1 atom stereocenters. The van der Waals surface area contributed by atoms with E-state index in [1.807, 2.05) is 45.0 Å². The van der Waals surface area contributed by atoms with Gasteiger partial charge in [0.25, 0.3) is 0 Å². The molecule has 0 radical (unpaired) electrons. The summed E-state index contributed by atoms with van der Waals surface area (Å²) in [5, 5.41) is 3.30. The van der Waals surface area contributed by atoms with Gasteiger partial charge in [0, 0.05) is 11.6 Å². The van der Waals surface area contributed by atoms with E-state index in [-0.39, 0.29) is 11.9 Å². The molecule has 2 aromatic carbocycles. The summed E-state index contributed by atoms with van der Waals surface area (Å²) in [5.41, 5.74) is 2.48. The van der Waals surface area contributed by atoms with Crippen LogP contribution in [0.3, 0.4) is 0 Å². The minimum absolute atomic E-state index is 0.0316. The lowest BCUT2D eigenvalue weighted by Gasteiger charge is -2.19. The standard InChI is InChI=1S/C18H22FNO/c1-5-20-14(4)15-11-16(19)13(3)10-18(15)21-17-9-7-6-8-12(17)2/h6-11,14,20H,5H2,1-4H3. The van der Waals surface area contributed by atoms with Crippen LogP contribution in [0, 0.1) is 19.7 Å². The highest BCUT2D eigenvalue weighted by molar-refractivity contribution is 5.44. The zero-order valence-electron chi connectivity index (χ0n) is 13.0. The molecule has 2 aromatic rings. The minimum atomic E-state index is -0.202. The van der Waals surface area contributed by atoms with Crippen LogP contribution in [-0.2, 0) is 0 Å². The quantitative estimate of drug-likeness (QED) is 0.844. The molecule has 0 saturated heterocycles. The molecule has 1 N–H and O–H groups in total. The Hall–Kier alpha value is -1.87. The number of ether oxygens (including phenoxy) is 1. The number of hydrogen-bond donors (Lipinski definition) is 1. The monoisotopic (exact) mass is 287 g/mol. The number of aryl methyl sites for hydroxylation is 2. The van der Waals surface area contributed by atoms with Crippen molar-refractivity contribution in [3.05, 3.63) is 58.9 Å². The topological polar surface area (TPSA) is 21.3 Å². The average molecular weight is 287 g/mol. The van der Waals surface area contributed by atoms with Crippen molar-refractivity contribution < 1.29 is 9.13 Å². The smallest absolute Gasteiger partial charge is 0.132 e. The lowest BCUT2D eigenvalue weighted by atomic mass is 10.0. The number of para-hydroxylation sites is 1. The van der Waals surface area contributed by atoms with Gasteiger partial charge in [-0.3, -0.25) is 0 Å². The third kappa shape index (κ3) is 3.61. The molecule has 112 valence electrons. The first-order valence-corrected chi connectivity index (χ1v) is 7.29. The molecule has 0 spiro atoms. The Morgan fingerprint density at radius 1 is 1.10 bits per heavy atom. The van der Waals surface area contributed by atoms with Crippen molar-refractivity contribution in [2.75, 3.05) is 6.54 Å². The van der Waals surface area contributed by atoms with E-state index in [0.29, 0.717) is 11.3 Å². The predicted molar refractivity (Wildman–Crippen MR) is 84.5 cm³/mol. The molecule has 21 heavy (non-hydrogen) atoms. The Balaban J connectivity index is 2.41. The van der Waals surface area contributed by atoms with Crippen LogP contribution in [0.2, 0.25) is 0 Å². The van der Waals surface area contributed by atoms with Gasteiger partial charge in [0.1, 0.15) is 17.3 Å².